The highest BCUT2D eigenvalue weighted by molar-refractivity contribution is 4.69. The quantitative estimate of drug-likeness (QED) is 0.723. The van der Waals surface area contributed by atoms with Crippen LogP contribution in [0.3, 0.4) is 0 Å². The van der Waals surface area contributed by atoms with E-state index in [4.69, 9.17) is 5.73 Å². The fourth-order valence-electron chi connectivity index (χ4n) is 0.643. The van der Waals surface area contributed by atoms with Crippen molar-refractivity contribution in [1.29, 1.82) is 0 Å². The van der Waals surface area contributed by atoms with Gasteiger partial charge < -0.3 is 10.5 Å². The third-order valence-corrected chi connectivity index (χ3v) is 1.55. The van der Waals surface area contributed by atoms with Crippen LogP contribution in [-0.4, -0.2) is 24.9 Å². The molecule has 0 saturated carbocycles. The lowest BCUT2D eigenvalue weighted by molar-refractivity contribution is -0.227. The Labute approximate surface area is 69.9 Å². The number of ether oxygens (including phenoxy) is 1. The lowest BCUT2D eigenvalue weighted by Gasteiger charge is -2.22. The average molecular weight is 185 g/mol. The lowest BCUT2D eigenvalue weighted by Crippen LogP contribution is -2.40. The largest absolute Gasteiger partial charge is 0.415 e. The zero-order valence-corrected chi connectivity index (χ0v) is 7.19. The monoisotopic (exact) mass is 185 g/mol. The molecule has 0 radical (unpaired) electrons. The molecule has 0 aliphatic rings. The van der Waals surface area contributed by atoms with Crippen molar-refractivity contribution in [3.8, 4) is 0 Å². The minimum Gasteiger partial charge on any atom is -0.365 e. The predicted molar refractivity (Wildman–Crippen MR) is 39.7 cm³/mol. The Morgan fingerprint density at radius 1 is 1.42 bits per heavy atom. The van der Waals surface area contributed by atoms with Gasteiger partial charge in [0.15, 0.2) is 6.10 Å². The SMILES string of the molecule is CCC(C)OC(CN)C(F)(F)F. The second-order valence-electron chi connectivity index (χ2n) is 2.62. The van der Waals surface area contributed by atoms with Crippen molar-refractivity contribution >= 4 is 0 Å². The van der Waals surface area contributed by atoms with Gasteiger partial charge in [0.1, 0.15) is 0 Å². The van der Waals surface area contributed by atoms with Gasteiger partial charge in [0.05, 0.1) is 6.10 Å². The van der Waals surface area contributed by atoms with E-state index < -0.39 is 24.9 Å². The van der Waals surface area contributed by atoms with Crippen LogP contribution >= 0.6 is 0 Å². The molecule has 74 valence electrons. The summed E-state index contributed by atoms with van der Waals surface area (Å²) >= 11 is 0. The smallest absolute Gasteiger partial charge is 0.365 e. The van der Waals surface area contributed by atoms with Crippen molar-refractivity contribution in [3.05, 3.63) is 0 Å². The van der Waals surface area contributed by atoms with Crippen LogP contribution < -0.4 is 5.73 Å². The summed E-state index contributed by atoms with van der Waals surface area (Å²) in [6, 6.07) is 0. The maximum absolute atomic E-state index is 12.0. The molecule has 2 N–H and O–H groups in total. The van der Waals surface area contributed by atoms with Gasteiger partial charge in [-0.15, -0.1) is 0 Å². The summed E-state index contributed by atoms with van der Waals surface area (Å²) in [4.78, 5) is 0. The molecule has 0 saturated heterocycles. The Morgan fingerprint density at radius 2 is 1.92 bits per heavy atom. The topological polar surface area (TPSA) is 35.2 Å². The van der Waals surface area contributed by atoms with E-state index in [-0.39, 0.29) is 0 Å². The molecule has 0 amide bonds. The molecule has 0 heterocycles. The van der Waals surface area contributed by atoms with Crippen LogP contribution in [0.1, 0.15) is 20.3 Å². The number of alkyl halides is 3. The van der Waals surface area contributed by atoms with Gasteiger partial charge in [-0.3, -0.25) is 0 Å². The normalized spacial score (nSPS) is 17.5. The maximum atomic E-state index is 12.0. The van der Waals surface area contributed by atoms with Gasteiger partial charge in [-0.2, -0.15) is 13.2 Å². The summed E-state index contributed by atoms with van der Waals surface area (Å²) < 4.78 is 40.7. The number of hydrogen-bond donors (Lipinski definition) is 1. The first-order valence-electron chi connectivity index (χ1n) is 3.84. The zero-order valence-electron chi connectivity index (χ0n) is 7.19. The summed E-state index contributed by atoms with van der Waals surface area (Å²) in [6.07, 6.45) is -6.03. The van der Waals surface area contributed by atoms with Crippen molar-refractivity contribution in [3.63, 3.8) is 0 Å². The van der Waals surface area contributed by atoms with Gasteiger partial charge >= 0.3 is 6.18 Å². The molecule has 0 aromatic rings. The summed E-state index contributed by atoms with van der Waals surface area (Å²) in [5, 5.41) is 0. The van der Waals surface area contributed by atoms with Crippen LogP contribution in [-0.2, 0) is 4.74 Å². The Kier molecular flexibility index (Phi) is 4.55. The fourth-order valence-corrected chi connectivity index (χ4v) is 0.643. The molecular formula is C7H14F3NO. The van der Waals surface area contributed by atoms with Crippen LogP contribution in [0.5, 0.6) is 0 Å². The van der Waals surface area contributed by atoms with Gasteiger partial charge in [0, 0.05) is 6.54 Å². The summed E-state index contributed by atoms with van der Waals surface area (Å²) in [6.45, 7) is 2.83. The van der Waals surface area contributed by atoms with Crippen molar-refractivity contribution in [2.45, 2.75) is 38.7 Å². The minimum absolute atomic E-state index is 0.403. The molecule has 0 fully saturated rings. The molecule has 2 atom stereocenters. The molecule has 0 aromatic carbocycles. The van der Waals surface area contributed by atoms with Crippen molar-refractivity contribution in [1.82, 2.24) is 0 Å². The summed E-state index contributed by atoms with van der Waals surface area (Å²) in [5.41, 5.74) is 4.92. The number of nitrogens with two attached hydrogens (primary N) is 1. The first-order valence-corrected chi connectivity index (χ1v) is 3.84. The Morgan fingerprint density at radius 3 is 2.17 bits per heavy atom. The van der Waals surface area contributed by atoms with E-state index in [1.165, 1.54) is 0 Å². The van der Waals surface area contributed by atoms with E-state index in [2.05, 4.69) is 4.74 Å². The predicted octanol–water partition coefficient (Wildman–Crippen LogP) is 1.69. The molecule has 2 nitrogen and oxygen atoms in total. The lowest BCUT2D eigenvalue weighted by atomic mass is 10.3. The Balaban J connectivity index is 4.00. The van der Waals surface area contributed by atoms with Gasteiger partial charge in [-0.05, 0) is 13.3 Å². The van der Waals surface area contributed by atoms with Crippen molar-refractivity contribution in [2.75, 3.05) is 6.54 Å². The molecule has 0 aliphatic heterocycles. The summed E-state index contributed by atoms with van der Waals surface area (Å²) in [7, 11) is 0. The highest BCUT2D eigenvalue weighted by Crippen LogP contribution is 2.23. The molecule has 5 heteroatoms. The second-order valence-corrected chi connectivity index (χ2v) is 2.62. The highest BCUT2D eigenvalue weighted by atomic mass is 19.4. The third kappa shape index (κ3) is 3.92. The first kappa shape index (κ1) is 11.7. The van der Waals surface area contributed by atoms with Gasteiger partial charge in [0.25, 0.3) is 0 Å². The van der Waals surface area contributed by atoms with E-state index in [0.717, 1.165) is 0 Å². The van der Waals surface area contributed by atoms with Crippen LogP contribution in [0.2, 0.25) is 0 Å². The van der Waals surface area contributed by atoms with Gasteiger partial charge in [0.2, 0.25) is 0 Å². The number of halogens is 3. The number of hydrogen-bond acceptors (Lipinski definition) is 2. The molecule has 0 spiro atoms. The molecular weight excluding hydrogens is 171 g/mol. The average Bonchev–Trinajstić information content (AvgIpc) is 1.97. The molecule has 2 unspecified atom stereocenters. The summed E-state index contributed by atoms with van der Waals surface area (Å²) in [5.74, 6) is 0. The minimum atomic E-state index is -4.35. The highest BCUT2D eigenvalue weighted by Gasteiger charge is 2.40. The van der Waals surface area contributed by atoms with Crippen molar-refractivity contribution < 1.29 is 17.9 Å². The first-order chi connectivity index (χ1) is 5.41. The second kappa shape index (κ2) is 4.67. The van der Waals surface area contributed by atoms with Crippen LogP contribution in [0, 0.1) is 0 Å². The van der Waals surface area contributed by atoms with Gasteiger partial charge in [-0.25, -0.2) is 0 Å². The molecule has 0 aromatic heterocycles. The Hall–Kier alpha value is -0.290. The van der Waals surface area contributed by atoms with Crippen molar-refractivity contribution in [2.24, 2.45) is 5.73 Å². The molecule has 0 bridgehead atoms. The molecule has 12 heavy (non-hydrogen) atoms. The maximum Gasteiger partial charge on any atom is 0.415 e. The standard InChI is InChI=1S/C7H14F3NO/c1-3-5(2)12-6(4-11)7(8,9)10/h5-6H,3-4,11H2,1-2H3. The number of rotatable bonds is 4. The van der Waals surface area contributed by atoms with E-state index >= 15 is 0 Å². The van der Waals surface area contributed by atoms with Gasteiger partial charge in [-0.1, -0.05) is 6.92 Å². The fraction of sp³-hybridized carbons (Fsp3) is 1.00. The van der Waals surface area contributed by atoms with E-state index in [1.54, 1.807) is 13.8 Å². The third-order valence-electron chi connectivity index (χ3n) is 1.55. The molecule has 0 rings (SSSR count). The van der Waals surface area contributed by atoms with Crippen LogP contribution in [0.15, 0.2) is 0 Å². The zero-order chi connectivity index (χ0) is 9.78. The van der Waals surface area contributed by atoms with E-state index in [1.807, 2.05) is 0 Å². The van der Waals surface area contributed by atoms with Crippen LogP contribution in [0.25, 0.3) is 0 Å². The Bertz CT molecular complexity index is 126. The van der Waals surface area contributed by atoms with E-state index in [9.17, 15) is 13.2 Å². The molecule has 0 aliphatic carbocycles. The van der Waals surface area contributed by atoms with E-state index in [0.29, 0.717) is 6.42 Å². The van der Waals surface area contributed by atoms with Crippen LogP contribution in [0.4, 0.5) is 13.2 Å².